The lowest BCUT2D eigenvalue weighted by Crippen LogP contribution is -1.94. The Morgan fingerprint density at radius 2 is 1.07 bits per heavy atom. The molecule has 0 aliphatic rings. The van der Waals surface area contributed by atoms with E-state index in [9.17, 15) is 0 Å². The Morgan fingerprint density at radius 1 is 0.512 bits per heavy atom. The number of para-hydroxylation sites is 1. The summed E-state index contributed by atoms with van der Waals surface area (Å²) < 4.78 is 0.982. The molecule has 0 aromatic heterocycles. The van der Waals surface area contributed by atoms with Crippen molar-refractivity contribution in [2.45, 2.75) is 13.8 Å². The van der Waals surface area contributed by atoms with E-state index in [2.05, 4.69) is 164 Å². The van der Waals surface area contributed by atoms with Gasteiger partial charge in [-0.2, -0.15) is 0 Å². The van der Waals surface area contributed by atoms with Gasteiger partial charge in [-0.05, 0) is 115 Å². The molecule has 0 bridgehead atoms. The predicted molar refractivity (Wildman–Crippen MR) is 186 cm³/mol. The molecule has 0 aliphatic carbocycles. The van der Waals surface area contributed by atoms with Gasteiger partial charge in [0.15, 0.2) is 0 Å². The number of rotatable bonds is 4. The van der Waals surface area contributed by atoms with E-state index in [1.54, 1.807) is 0 Å². The summed E-state index contributed by atoms with van der Waals surface area (Å²) in [7, 11) is 0. The van der Waals surface area contributed by atoms with E-state index in [-0.39, 0.29) is 0 Å². The van der Waals surface area contributed by atoms with Crippen LogP contribution in [0.4, 0.5) is 5.69 Å². The number of fused-ring (bicyclic) bond motifs is 3. The minimum Gasteiger partial charge on any atom is -0.242 e. The van der Waals surface area contributed by atoms with E-state index < -0.39 is 0 Å². The van der Waals surface area contributed by atoms with Gasteiger partial charge in [0.2, 0.25) is 0 Å². The van der Waals surface area contributed by atoms with Crippen LogP contribution in [0.3, 0.4) is 0 Å². The standard InChI is InChI=1S/C39H28IN/c1-25-18-19-28-23-30(21-20-27(28)22-25)38-34-15-6-4-13-32(34)37(33-14-5-7-16-35(33)38)29-11-9-12-31(24-29)39(40)41-36-17-8-3-10-26(36)2/h3-24H,1-2H3/b41-39-. The molecule has 7 aromatic carbocycles. The van der Waals surface area contributed by atoms with Gasteiger partial charge < -0.3 is 0 Å². The molecule has 0 atom stereocenters. The summed E-state index contributed by atoms with van der Waals surface area (Å²) in [6.45, 7) is 4.26. The third kappa shape index (κ3) is 4.72. The number of hydrogen-bond acceptors (Lipinski definition) is 1. The Bertz CT molecular complexity index is 2080. The van der Waals surface area contributed by atoms with Crippen molar-refractivity contribution >= 4 is 64.3 Å². The van der Waals surface area contributed by atoms with E-state index in [0.717, 1.165) is 15.0 Å². The molecule has 1 nitrogen and oxygen atoms in total. The van der Waals surface area contributed by atoms with Crippen LogP contribution in [0.25, 0.3) is 54.6 Å². The first-order valence-corrected chi connectivity index (χ1v) is 15.0. The highest BCUT2D eigenvalue weighted by molar-refractivity contribution is 14.1. The molecule has 0 heterocycles. The molecule has 0 radical (unpaired) electrons. The molecule has 0 fully saturated rings. The number of aryl methyl sites for hydroxylation is 2. The number of halogens is 1. The number of aliphatic imine (C=N–C) groups is 1. The third-order valence-electron chi connectivity index (χ3n) is 7.94. The quantitative estimate of drug-likeness (QED) is 0.103. The summed E-state index contributed by atoms with van der Waals surface area (Å²) in [6.07, 6.45) is 0. The second-order valence-corrected chi connectivity index (χ2v) is 11.7. The van der Waals surface area contributed by atoms with Gasteiger partial charge in [0.25, 0.3) is 0 Å². The number of hydrogen-bond donors (Lipinski definition) is 0. The fraction of sp³-hybridized carbons (Fsp3) is 0.0513. The largest absolute Gasteiger partial charge is 0.242 e. The third-order valence-corrected chi connectivity index (χ3v) is 8.80. The lowest BCUT2D eigenvalue weighted by atomic mass is 9.85. The highest BCUT2D eigenvalue weighted by Gasteiger charge is 2.17. The summed E-state index contributed by atoms with van der Waals surface area (Å²) in [5.74, 6) is 0. The highest BCUT2D eigenvalue weighted by atomic mass is 127. The maximum atomic E-state index is 4.98. The van der Waals surface area contributed by atoms with E-state index in [4.69, 9.17) is 4.99 Å². The summed E-state index contributed by atoms with van der Waals surface area (Å²) in [5.41, 5.74) is 9.58. The van der Waals surface area contributed by atoms with Crippen LogP contribution < -0.4 is 0 Å². The van der Waals surface area contributed by atoms with Crippen LogP contribution in [-0.2, 0) is 0 Å². The Hall–Kier alpha value is -4.28. The van der Waals surface area contributed by atoms with Crippen LogP contribution in [-0.4, -0.2) is 3.72 Å². The SMILES string of the molecule is Cc1ccc2cc(-c3c4ccccc4c(-c4cccc(/C(I)=N/c5ccccc5C)c4)c4ccccc34)ccc2c1. The molecule has 0 spiro atoms. The fourth-order valence-corrected chi connectivity index (χ4v) is 6.53. The van der Waals surface area contributed by atoms with Crippen LogP contribution in [0.2, 0.25) is 0 Å². The van der Waals surface area contributed by atoms with Crippen molar-refractivity contribution in [3.8, 4) is 22.3 Å². The summed E-state index contributed by atoms with van der Waals surface area (Å²) >= 11 is 2.37. The van der Waals surface area contributed by atoms with E-state index in [1.165, 1.54) is 65.7 Å². The fourth-order valence-electron chi connectivity index (χ4n) is 5.93. The molecule has 0 saturated carbocycles. The first kappa shape index (κ1) is 25.7. The van der Waals surface area contributed by atoms with E-state index in [0.29, 0.717) is 0 Å². The van der Waals surface area contributed by atoms with Crippen LogP contribution in [0.5, 0.6) is 0 Å². The van der Waals surface area contributed by atoms with Crippen molar-refractivity contribution in [1.29, 1.82) is 0 Å². The molecule has 0 N–H and O–H groups in total. The zero-order valence-corrected chi connectivity index (χ0v) is 25.2. The molecule has 196 valence electrons. The average Bonchev–Trinajstić information content (AvgIpc) is 3.00. The lowest BCUT2D eigenvalue weighted by Gasteiger charge is -2.18. The normalized spacial score (nSPS) is 11.9. The summed E-state index contributed by atoms with van der Waals surface area (Å²) in [5, 5.41) is 7.59. The van der Waals surface area contributed by atoms with Crippen LogP contribution in [0.1, 0.15) is 16.7 Å². The number of nitrogens with zero attached hydrogens (tertiary/aromatic N) is 1. The van der Waals surface area contributed by atoms with Crippen LogP contribution >= 0.6 is 22.6 Å². The predicted octanol–water partition coefficient (Wildman–Crippen LogP) is 11.6. The van der Waals surface area contributed by atoms with Crippen LogP contribution in [0, 0.1) is 13.8 Å². The van der Waals surface area contributed by atoms with Crippen molar-refractivity contribution < 1.29 is 0 Å². The second-order valence-electron chi connectivity index (χ2n) is 10.7. The molecular formula is C39H28IN. The first-order valence-electron chi connectivity index (χ1n) is 13.9. The number of benzene rings is 7. The van der Waals surface area contributed by atoms with E-state index in [1.807, 2.05) is 6.07 Å². The molecule has 0 amide bonds. The van der Waals surface area contributed by atoms with Gasteiger partial charge in [0.05, 0.1) is 5.69 Å². The highest BCUT2D eigenvalue weighted by Crippen LogP contribution is 2.44. The maximum Gasteiger partial charge on any atom is 0.109 e. The first-order chi connectivity index (χ1) is 20.1. The van der Waals surface area contributed by atoms with Crippen molar-refractivity contribution in [2.24, 2.45) is 4.99 Å². The Morgan fingerprint density at radius 3 is 1.73 bits per heavy atom. The Balaban J connectivity index is 1.46. The van der Waals surface area contributed by atoms with Gasteiger partial charge in [-0.25, -0.2) is 4.99 Å². The van der Waals surface area contributed by atoms with Crippen molar-refractivity contribution in [3.05, 3.63) is 150 Å². The maximum absolute atomic E-state index is 4.98. The summed E-state index contributed by atoms with van der Waals surface area (Å²) in [4.78, 5) is 4.98. The zero-order valence-electron chi connectivity index (χ0n) is 23.0. The zero-order chi connectivity index (χ0) is 27.9. The Labute approximate surface area is 254 Å². The van der Waals surface area contributed by atoms with Gasteiger partial charge in [0, 0.05) is 5.56 Å². The molecule has 7 aromatic rings. The molecule has 7 rings (SSSR count). The second kappa shape index (κ2) is 10.6. The van der Waals surface area contributed by atoms with Crippen molar-refractivity contribution in [1.82, 2.24) is 0 Å². The molecular weight excluding hydrogens is 609 g/mol. The topological polar surface area (TPSA) is 12.4 Å². The van der Waals surface area contributed by atoms with Gasteiger partial charge >= 0.3 is 0 Å². The van der Waals surface area contributed by atoms with Crippen molar-refractivity contribution in [2.75, 3.05) is 0 Å². The van der Waals surface area contributed by atoms with Gasteiger partial charge in [-0.3, -0.25) is 0 Å². The monoisotopic (exact) mass is 637 g/mol. The Kier molecular flexibility index (Phi) is 6.64. The summed E-state index contributed by atoms with van der Waals surface area (Å²) in [6, 6.07) is 48.4. The minimum absolute atomic E-state index is 0.982. The van der Waals surface area contributed by atoms with Gasteiger partial charge in [0.1, 0.15) is 3.72 Å². The minimum atomic E-state index is 0.982. The van der Waals surface area contributed by atoms with Gasteiger partial charge in [-0.15, -0.1) is 0 Å². The smallest absolute Gasteiger partial charge is 0.109 e. The molecule has 0 aliphatic heterocycles. The molecule has 2 heteroatoms. The van der Waals surface area contributed by atoms with Crippen LogP contribution in [0.15, 0.2) is 138 Å². The van der Waals surface area contributed by atoms with Crippen molar-refractivity contribution in [3.63, 3.8) is 0 Å². The average molecular weight is 638 g/mol. The van der Waals surface area contributed by atoms with Gasteiger partial charge in [-0.1, -0.05) is 121 Å². The van der Waals surface area contributed by atoms with E-state index >= 15 is 0 Å². The molecule has 41 heavy (non-hydrogen) atoms. The molecule has 0 saturated heterocycles. The lowest BCUT2D eigenvalue weighted by molar-refractivity contribution is 1.40. The molecule has 0 unspecified atom stereocenters.